The molecule has 0 radical (unpaired) electrons. The van der Waals surface area contributed by atoms with E-state index >= 15 is 0 Å². The summed E-state index contributed by atoms with van der Waals surface area (Å²) in [5, 5.41) is 0. The van der Waals surface area contributed by atoms with E-state index in [1.165, 1.54) is 5.56 Å². The summed E-state index contributed by atoms with van der Waals surface area (Å²) in [7, 11) is 0. The Labute approximate surface area is 90.1 Å². The topological polar surface area (TPSA) is 12.9 Å². The van der Waals surface area contributed by atoms with Crippen molar-refractivity contribution in [1.82, 2.24) is 4.98 Å². The van der Waals surface area contributed by atoms with Gasteiger partial charge in [-0.15, -0.1) is 0 Å². The molecule has 0 aliphatic carbocycles. The molecule has 1 aromatic carbocycles. The van der Waals surface area contributed by atoms with Crippen LogP contribution in [-0.4, -0.2) is 4.98 Å². The highest BCUT2D eigenvalue weighted by Crippen LogP contribution is 2.17. The first-order chi connectivity index (χ1) is 7.40. The largest absolute Gasteiger partial charge is 0.256 e. The van der Waals surface area contributed by atoms with Gasteiger partial charge in [0.15, 0.2) is 0 Å². The highest BCUT2D eigenvalue weighted by atomic mass is 14.7. The van der Waals surface area contributed by atoms with Gasteiger partial charge >= 0.3 is 0 Å². The summed E-state index contributed by atoms with van der Waals surface area (Å²) in [5.41, 5.74) is 3.39. The monoisotopic (exact) mass is 195 g/mol. The van der Waals surface area contributed by atoms with Crippen LogP contribution in [0.1, 0.15) is 12.5 Å². The molecule has 2 rings (SSSR count). The second-order valence-corrected chi connectivity index (χ2v) is 3.34. The number of pyridine rings is 1. The first-order valence-electron chi connectivity index (χ1n) is 5.04. The molecule has 2 aromatic rings. The zero-order chi connectivity index (χ0) is 10.5. The highest BCUT2D eigenvalue weighted by Gasteiger charge is 1.96. The molecule has 0 aliphatic rings. The van der Waals surface area contributed by atoms with Gasteiger partial charge in [0.25, 0.3) is 0 Å². The Kier molecular flexibility index (Phi) is 2.93. The predicted molar refractivity (Wildman–Crippen MR) is 64.4 cm³/mol. The van der Waals surface area contributed by atoms with Gasteiger partial charge in [0, 0.05) is 11.8 Å². The summed E-state index contributed by atoms with van der Waals surface area (Å²) in [6.45, 7) is 2.02. The molecule has 0 unspecified atom stereocenters. The third-order valence-corrected chi connectivity index (χ3v) is 2.23. The van der Waals surface area contributed by atoms with Gasteiger partial charge in [-0.2, -0.15) is 0 Å². The Morgan fingerprint density at radius 3 is 2.40 bits per heavy atom. The molecule has 0 amide bonds. The minimum absolute atomic E-state index is 1.02. The molecule has 0 N–H and O–H groups in total. The molecule has 15 heavy (non-hydrogen) atoms. The van der Waals surface area contributed by atoms with Gasteiger partial charge in [0.2, 0.25) is 0 Å². The van der Waals surface area contributed by atoms with E-state index in [-0.39, 0.29) is 0 Å². The number of allylic oxidation sites excluding steroid dienone is 1. The summed E-state index contributed by atoms with van der Waals surface area (Å²) in [6, 6.07) is 14.3. The summed E-state index contributed by atoms with van der Waals surface area (Å²) in [5.74, 6) is 0. The van der Waals surface area contributed by atoms with Crippen molar-refractivity contribution < 1.29 is 0 Å². The molecule has 1 nitrogen and oxygen atoms in total. The molecule has 1 heterocycles. The Hall–Kier alpha value is -1.89. The Morgan fingerprint density at radius 1 is 1.00 bits per heavy atom. The lowest BCUT2D eigenvalue weighted by atomic mass is 10.1. The molecule has 0 aliphatic heterocycles. The number of rotatable bonds is 2. The Morgan fingerprint density at radius 2 is 1.80 bits per heavy atom. The molecule has 0 saturated heterocycles. The zero-order valence-corrected chi connectivity index (χ0v) is 8.72. The van der Waals surface area contributed by atoms with Crippen molar-refractivity contribution in [3.63, 3.8) is 0 Å². The molecule has 74 valence electrons. The van der Waals surface area contributed by atoms with Gasteiger partial charge in [0.1, 0.15) is 0 Å². The average molecular weight is 195 g/mol. The lowest BCUT2D eigenvalue weighted by molar-refractivity contribution is 1.33. The van der Waals surface area contributed by atoms with Crippen molar-refractivity contribution in [3.8, 4) is 11.3 Å². The molecule has 0 atom stereocenters. The van der Waals surface area contributed by atoms with E-state index < -0.39 is 0 Å². The fraction of sp³-hybridized carbons (Fsp3) is 0.0714. The Bertz CT molecular complexity index is 441. The van der Waals surface area contributed by atoms with Crippen molar-refractivity contribution in [2.45, 2.75) is 6.92 Å². The van der Waals surface area contributed by atoms with E-state index in [4.69, 9.17) is 0 Å². The van der Waals surface area contributed by atoms with Crippen LogP contribution in [0, 0.1) is 0 Å². The van der Waals surface area contributed by atoms with E-state index in [1.807, 2.05) is 37.4 Å². The summed E-state index contributed by atoms with van der Waals surface area (Å²) in [6.07, 6.45) is 5.94. The van der Waals surface area contributed by atoms with Crippen LogP contribution in [0.15, 0.2) is 54.7 Å². The molecular weight excluding hydrogens is 182 g/mol. The quantitative estimate of drug-likeness (QED) is 0.710. The van der Waals surface area contributed by atoms with Gasteiger partial charge in [-0.1, -0.05) is 42.5 Å². The maximum absolute atomic E-state index is 4.31. The van der Waals surface area contributed by atoms with Crippen LogP contribution in [0.2, 0.25) is 0 Å². The summed E-state index contributed by atoms with van der Waals surface area (Å²) >= 11 is 0. The first-order valence-corrected chi connectivity index (χ1v) is 5.04. The molecule has 0 spiro atoms. The third kappa shape index (κ3) is 2.32. The summed E-state index contributed by atoms with van der Waals surface area (Å²) < 4.78 is 0. The molecular formula is C14H13N. The van der Waals surface area contributed by atoms with Crippen LogP contribution in [0.4, 0.5) is 0 Å². The van der Waals surface area contributed by atoms with Crippen molar-refractivity contribution >= 4 is 6.08 Å². The summed E-state index contributed by atoms with van der Waals surface area (Å²) in [4.78, 5) is 4.31. The fourth-order valence-electron chi connectivity index (χ4n) is 1.49. The van der Waals surface area contributed by atoms with Crippen LogP contribution < -0.4 is 0 Å². The highest BCUT2D eigenvalue weighted by molar-refractivity contribution is 5.62. The molecule has 1 aromatic heterocycles. The minimum atomic E-state index is 1.02. The van der Waals surface area contributed by atoms with Crippen LogP contribution in [-0.2, 0) is 0 Å². The van der Waals surface area contributed by atoms with Gasteiger partial charge in [-0.25, -0.2) is 0 Å². The molecule has 0 fully saturated rings. The number of hydrogen-bond donors (Lipinski definition) is 0. The maximum Gasteiger partial charge on any atom is 0.0701 e. The van der Waals surface area contributed by atoms with Gasteiger partial charge in [0.05, 0.1) is 5.69 Å². The minimum Gasteiger partial charge on any atom is -0.256 e. The van der Waals surface area contributed by atoms with Crippen molar-refractivity contribution in [2.75, 3.05) is 0 Å². The second kappa shape index (κ2) is 4.56. The van der Waals surface area contributed by atoms with Gasteiger partial charge in [-0.05, 0) is 24.6 Å². The average Bonchev–Trinajstić information content (AvgIpc) is 2.32. The van der Waals surface area contributed by atoms with E-state index in [1.54, 1.807) is 0 Å². The van der Waals surface area contributed by atoms with Crippen molar-refractivity contribution in [2.24, 2.45) is 0 Å². The van der Waals surface area contributed by atoms with Crippen molar-refractivity contribution in [3.05, 3.63) is 60.3 Å². The Balaban J connectivity index is 2.32. The number of hydrogen-bond acceptors (Lipinski definition) is 1. The molecule has 0 saturated carbocycles. The van der Waals surface area contributed by atoms with E-state index in [0.717, 1.165) is 11.3 Å². The standard InChI is InChI=1S/C14H13N/c1-2-5-12-7-9-13(10-8-12)14-6-3-4-11-15-14/h2-11H,1H3/b5-2+. The van der Waals surface area contributed by atoms with Crippen LogP contribution >= 0.6 is 0 Å². The SMILES string of the molecule is C/C=C/c1ccc(-c2ccccn2)cc1. The second-order valence-electron chi connectivity index (χ2n) is 3.34. The maximum atomic E-state index is 4.31. The van der Waals surface area contributed by atoms with Gasteiger partial charge < -0.3 is 0 Å². The van der Waals surface area contributed by atoms with E-state index in [0.29, 0.717) is 0 Å². The lowest BCUT2D eigenvalue weighted by Gasteiger charge is -2.00. The lowest BCUT2D eigenvalue weighted by Crippen LogP contribution is -1.81. The van der Waals surface area contributed by atoms with E-state index in [9.17, 15) is 0 Å². The fourth-order valence-corrected chi connectivity index (χ4v) is 1.49. The molecule has 0 bridgehead atoms. The van der Waals surface area contributed by atoms with Crippen LogP contribution in [0.25, 0.3) is 17.3 Å². The third-order valence-electron chi connectivity index (χ3n) is 2.23. The normalized spacial score (nSPS) is 10.7. The first kappa shape index (κ1) is 9.66. The van der Waals surface area contributed by atoms with Crippen LogP contribution in [0.5, 0.6) is 0 Å². The number of aromatic nitrogens is 1. The van der Waals surface area contributed by atoms with E-state index in [2.05, 4.69) is 35.3 Å². The smallest absolute Gasteiger partial charge is 0.0701 e. The van der Waals surface area contributed by atoms with Crippen molar-refractivity contribution in [1.29, 1.82) is 0 Å². The predicted octanol–water partition coefficient (Wildman–Crippen LogP) is 3.78. The zero-order valence-electron chi connectivity index (χ0n) is 8.72. The number of nitrogens with zero attached hydrogens (tertiary/aromatic N) is 1. The van der Waals surface area contributed by atoms with Crippen LogP contribution in [0.3, 0.4) is 0 Å². The van der Waals surface area contributed by atoms with Gasteiger partial charge in [-0.3, -0.25) is 4.98 Å². The molecule has 1 heteroatoms. The number of benzene rings is 1.